The van der Waals surface area contributed by atoms with E-state index in [1.54, 1.807) is 0 Å². The average molecular weight is 211 g/mol. The van der Waals surface area contributed by atoms with Crippen LogP contribution < -0.4 is 5.32 Å². The normalized spacial score (nSPS) is 32.3. The van der Waals surface area contributed by atoms with Crippen molar-refractivity contribution in [3.05, 3.63) is 11.9 Å². The maximum Gasteiger partial charge on any atom is 0.0880 e. The number of rotatable bonds is 3. The van der Waals surface area contributed by atoms with Gasteiger partial charge in [0.15, 0.2) is 0 Å². The third kappa shape index (κ3) is 2.12. The average Bonchev–Trinajstić information content (AvgIpc) is 2.77. The molecule has 3 nitrogen and oxygen atoms in total. The van der Waals surface area contributed by atoms with Gasteiger partial charge in [0.25, 0.3) is 0 Å². The van der Waals surface area contributed by atoms with Gasteiger partial charge in [-0.1, -0.05) is 13.8 Å². The Bertz CT molecular complexity index is 273. The fourth-order valence-corrected chi connectivity index (χ4v) is 2.58. The van der Waals surface area contributed by atoms with E-state index in [1.807, 2.05) is 6.20 Å². The molecule has 78 valence electrons. The highest BCUT2D eigenvalue weighted by molar-refractivity contribution is 6.99. The van der Waals surface area contributed by atoms with Crippen LogP contribution in [-0.2, 0) is 6.54 Å². The quantitative estimate of drug-likeness (QED) is 0.831. The molecular formula is C10H17N3S. The van der Waals surface area contributed by atoms with Crippen LogP contribution in [0.2, 0.25) is 0 Å². The standard InChI is InChI=1S/C10H17N3S/c1-7-3-4-10(8(7)2)11-5-9-6-12-14-13-9/h6-8,10-11H,3-5H2,1-2H3. The van der Waals surface area contributed by atoms with E-state index in [9.17, 15) is 0 Å². The van der Waals surface area contributed by atoms with Crippen LogP contribution in [0.15, 0.2) is 6.20 Å². The maximum atomic E-state index is 4.19. The van der Waals surface area contributed by atoms with Gasteiger partial charge < -0.3 is 5.32 Å². The van der Waals surface area contributed by atoms with Crippen LogP contribution in [0, 0.1) is 11.8 Å². The van der Waals surface area contributed by atoms with Crippen LogP contribution in [-0.4, -0.2) is 14.8 Å². The van der Waals surface area contributed by atoms with Gasteiger partial charge in [-0.25, -0.2) is 0 Å². The first kappa shape index (κ1) is 10.1. The third-order valence-electron chi connectivity index (χ3n) is 3.42. The highest BCUT2D eigenvalue weighted by Crippen LogP contribution is 2.31. The van der Waals surface area contributed by atoms with Crippen LogP contribution in [0.25, 0.3) is 0 Å². The van der Waals surface area contributed by atoms with Crippen molar-refractivity contribution in [1.82, 2.24) is 14.1 Å². The number of nitrogens with zero attached hydrogens (tertiary/aromatic N) is 2. The van der Waals surface area contributed by atoms with Crippen molar-refractivity contribution in [1.29, 1.82) is 0 Å². The molecule has 0 aliphatic heterocycles. The summed E-state index contributed by atoms with van der Waals surface area (Å²) in [5, 5.41) is 3.57. The molecule has 0 aromatic carbocycles. The molecule has 1 aromatic heterocycles. The summed E-state index contributed by atoms with van der Waals surface area (Å²) in [5.41, 5.74) is 1.07. The second kappa shape index (κ2) is 4.36. The third-order valence-corrected chi connectivity index (χ3v) is 3.93. The number of aromatic nitrogens is 2. The summed E-state index contributed by atoms with van der Waals surface area (Å²) in [5.74, 6) is 1.66. The molecule has 1 aliphatic rings. The van der Waals surface area contributed by atoms with E-state index in [2.05, 4.69) is 27.9 Å². The molecule has 0 amide bonds. The van der Waals surface area contributed by atoms with Gasteiger partial charge in [-0.15, -0.1) is 0 Å². The Labute approximate surface area is 89.3 Å². The zero-order valence-electron chi connectivity index (χ0n) is 8.73. The summed E-state index contributed by atoms with van der Waals surface area (Å²) >= 11 is 1.28. The molecule has 14 heavy (non-hydrogen) atoms. The lowest BCUT2D eigenvalue weighted by Crippen LogP contribution is -2.31. The van der Waals surface area contributed by atoms with Gasteiger partial charge in [0.05, 0.1) is 23.6 Å². The molecule has 1 fully saturated rings. The van der Waals surface area contributed by atoms with Crippen molar-refractivity contribution in [3.8, 4) is 0 Å². The van der Waals surface area contributed by atoms with Gasteiger partial charge in [0, 0.05) is 12.6 Å². The highest BCUT2D eigenvalue weighted by Gasteiger charge is 2.29. The smallest absolute Gasteiger partial charge is 0.0880 e. The summed E-state index contributed by atoms with van der Waals surface area (Å²) in [6.07, 6.45) is 4.51. The van der Waals surface area contributed by atoms with Gasteiger partial charge in [0.1, 0.15) is 0 Å². The molecule has 1 N–H and O–H groups in total. The van der Waals surface area contributed by atoms with Gasteiger partial charge in [-0.2, -0.15) is 8.75 Å². The number of hydrogen-bond donors (Lipinski definition) is 1. The summed E-state index contributed by atoms with van der Waals surface area (Å²) in [4.78, 5) is 0. The Balaban J connectivity index is 1.81. The Hall–Kier alpha value is -0.480. The molecule has 1 saturated carbocycles. The van der Waals surface area contributed by atoms with E-state index in [1.165, 1.54) is 24.6 Å². The summed E-state index contributed by atoms with van der Waals surface area (Å²) in [6, 6.07) is 0.673. The Morgan fingerprint density at radius 1 is 1.50 bits per heavy atom. The molecule has 1 heterocycles. The largest absolute Gasteiger partial charge is 0.308 e. The van der Waals surface area contributed by atoms with E-state index in [0.717, 1.165) is 24.1 Å². The molecule has 0 bridgehead atoms. The van der Waals surface area contributed by atoms with E-state index in [4.69, 9.17) is 0 Å². The lowest BCUT2D eigenvalue weighted by atomic mass is 9.98. The topological polar surface area (TPSA) is 37.8 Å². The maximum absolute atomic E-state index is 4.19. The zero-order valence-corrected chi connectivity index (χ0v) is 9.55. The Morgan fingerprint density at radius 2 is 2.36 bits per heavy atom. The van der Waals surface area contributed by atoms with Gasteiger partial charge in [0.2, 0.25) is 0 Å². The Kier molecular flexibility index (Phi) is 3.13. The molecule has 0 saturated heterocycles. The molecule has 3 unspecified atom stereocenters. The molecule has 0 spiro atoms. The molecule has 1 aliphatic carbocycles. The van der Waals surface area contributed by atoms with E-state index in [0.29, 0.717) is 6.04 Å². The lowest BCUT2D eigenvalue weighted by molar-refractivity contribution is 0.369. The second-order valence-electron chi connectivity index (χ2n) is 4.30. The van der Waals surface area contributed by atoms with Gasteiger partial charge in [-0.05, 0) is 24.7 Å². The first-order valence-corrected chi connectivity index (χ1v) is 6.00. The summed E-state index contributed by atoms with van der Waals surface area (Å²) < 4.78 is 8.18. The van der Waals surface area contributed by atoms with Crippen LogP contribution >= 0.6 is 11.7 Å². The van der Waals surface area contributed by atoms with E-state index in [-0.39, 0.29) is 0 Å². The number of nitrogens with one attached hydrogen (secondary N) is 1. The van der Waals surface area contributed by atoms with Crippen molar-refractivity contribution < 1.29 is 0 Å². The van der Waals surface area contributed by atoms with Crippen molar-refractivity contribution in [2.45, 2.75) is 39.3 Å². The van der Waals surface area contributed by atoms with Crippen LogP contribution in [0.4, 0.5) is 0 Å². The fraction of sp³-hybridized carbons (Fsp3) is 0.800. The van der Waals surface area contributed by atoms with Crippen molar-refractivity contribution in [2.24, 2.45) is 11.8 Å². The summed E-state index contributed by atoms with van der Waals surface area (Å²) in [7, 11) is 0. The molecule has 0 radical (unpaired) electrons. The lowest BCUT2D eigenvalue weighted by Gasteiger charge is -2.18. The molecular weight excluding hydrogens is 194 g/mol. The molecule has 2 rings (SSSR count). The minimum Gasteiger partial charge on any atom is -0.308 e. The molecule has 1 aromatic rings. The monoisotopic (exact) mass is 211 g/mol. The van der Waals surface area contributed by atoms with E-state index >= 15 is 0 Å². The first-order chi connectivity index (χ1) is 6.77. The first-order valence-electron chi connectivity index (χ1n) is 5.27. The SMILES string of the molecule is CC1CCC(NCc2cnsn2)C1C. The highest BCUT2D eigenvalue weighted by atomic mass is 32.1. The molecule has 4 heteroatoms. The van der Waals surface area contributed by atoms with Crippen LogP contribution in [0.1, 0.15) is 32.4 Å². The predicted octanol–water partition coefficient (Wildman–Crippen LogP) is 2.06. The van der Waals surface area contributed by atoms with Crippen molar-refractivity contribution in [2.75, 3.05) is 0 Å². The van der Waals surface area contributed by atoms with Crippen LogP contribution in [0.5, 0.6) is 0 Å². The predicted molar refractivity (Wildman–Crippen MR) is 58.1 cm³/mol. The number of hydrogen-bond acceptors (Lipinski definition) is 4. The second-order valence-corrected chi connectivity index (χ2v) is 4.86. The van der Waals surface area contributed by atoms with Crippen molar-refractivity contribution in [3.63, 3.8) is 0 Å². The minimum absolute atomic E-state index is 0.673. The fourth-order valence-electron chi connectivity index (χ4n) is 2.15. The van der Waals surface area contributed by atoms with Gasteiger partial charge >= 0.3 is 0 Å². The van der Waals surface area contributed by atoms with Crippen LogP contribution in [0.3, 0.4) is 0 Å². The Morgan fingerprint density at radius 3 is 2.93 bits per heavy atom. The molecule has 3 atom stereocenters. The van der Waals surface area contributed by atoms with E-state index < -0.39 is 0 Å². The summed E-state index contributed by atoms with van der Waals surface area (Å²) in [6.45, 7) is 5.56. The zero-order chi connectivity index (χ0) is 9.97. The minimum atomic E-state index is 0.673. The van der Waals surface area contributed by atoms with Crippen molar-refractivity contribution >= 4 is 11.7 Å². The van der Waals surface area contributed by atoms with Gasteiger partial charge in [-0.3, -0.25) is 0 Å².